The lowest BCUT2D eigenvalue weighted by Gasteiger charge is -2.18. The molecule has 2 amide bonds. The minimum atomic E-state index is -0.727. The molecule has 1 aromatic rings. The van der Waals surface area contributed by atoms with Gasteiger partial charge in [-0.05, 0) is 31.0 Å². The summed E-state index contributed by atoms with van der Waals surface area (Å²) < 4.78 is 13.7. The number of anilines is 2. The summed E-state index contributed by atoms with van der Waals surface area (Å²) in [4.78, 5) is 22.6. The zero-order valence-corrected chi connectivity index (χ0v) is 9.92. The number of nitrogens with two attached hydrogens (primary N) is 1. The average molecular weight is 251 g/mol. The second-order valence-corrected chi connectivity index (χ2v) is 4.32. The van der Waals surface area contributed by atoms with Gasteiger partial charge in [-0.25, -0.2) is 4.39 Å². The molecule has 5 nitrogen and oxygen atoms in total. The standard InChI is InChI=1S/C12H14FN3O2/c1-6(14)12(18)16-10-5-9-7(4-8(10)13)2-3-11(17)15-9/h4-6H,2-3,14H2,1H3,(H,15,17)(H,16,18)/t6-/m1/s1. The Bertz CT molecular complexity index is 514. The second kappa shape index (κ2) is 4.73. The Balaban J connectivity index is 2.29. The third-order valence-corrected chi connectivity index (χ3v) is 2.76. The fraction of sp³-hybridized carbons (Fsp3) is 0.333. The number of fused-ring (bicyclic) bond motifs is 1. The number of amides is 2. The van der Waals surface area contributed by atoms with Gasteiger partial charge in [-0.3, -0.25) is 9.59 Å². The first kappa shape index (κ1) is 12.5. The minimum absolute atomic E-state index is 0.0262. The predicted octanol–water partition coefficient (Wildman–Crippen LogP) is 0.996. The van der Waals surface area contributed by atoms with E-state index in [1.165, 1.54) is 19.1 Å². The van der Waals surface area contributed by atoms with Crippen molar-refractivity contribution in [1.29, 1.82) is 0 Å². The molecule has 4 N–H and O–H groups in total. The number of carbonyl (C=O) groups is 2. The fourth-order valence-electron chi connectivity index (χ4n) is 1.74. The van der Waals surface area contributed by atoms with E-state index in [2.05, 4.69) is 10.6 Å². The summed E-state index contributed by atoms with van der Waals surface area (Å²) in [5.74, 6) is -1.12. The van der Waals surface area contributed by atoms with E-state index >= 15 is 0 Å². The quantitative estimate of drug-likeness (QED) is 0.733. The Morgan fingerprint density at radius 3 is 2.89 bits per heavy atom. The summed E-state index contributed by atoms with van der Waals surface area (Å²) in [6, 6.07) is 2.02. The SMILES string of the molecule is C[C@@H](N)C(=O)Nc1cc2c(cc1F)CCC(=O)N2. The molecule has 1 heterocycles. The number of halogens is 1. The van der Waals surface area contributed by atoms with E-state index in [0.717, 1.165) is 5.56 Å². The highest BCUT2D eigenvalue weighted by Gasteiger charge is 2.19. The molecule has 6 heteroatoms. The van der Waals surface area contributed by atoms with E-state index in [9.17, 15) is 14.0 Å². The average Bonchev–Trinajstić information content (AvgIpc) is 2.30. The summed E-state index contributed by atoms with van der Waals surface area (Å²) in [7, 11) is 0. The highest BCUT2D eigenvalue weighted by atomic mass is 19.1. The molecule has 0 spiro atoms. The molecular weight excluding hydrogens is 237 g/mol. The maximum absolute atomic E-state index is 13.7. The molecular formula is C12H14FN3O2. The van der Waals surface area contributed by atoms with Crippen LogP contribution in [0.1, 0.15) is 18.9 Å². The van der Waals surface area contributed by atoms with Crippen molar-refractivity contribution in [2.75, 3.05) is 10.6 Å². The second-order valence-electron chi connectivity index (χ2n) is 4.32. The van der Waals surface area contributed by atoms with Crippen LogP contribution in [0, 0.1) is 5.82 Å². The Kier molecular flexibility index (Phi) is 3.29. The molecule has 18 heavy (non-hydrogen) atoms. The number of benzene rings is 1. The lowest BCUT2D eigenvalue weighted by atomic mass is 10.0. The van der Waals surface area contributed by atoms with Crippen molar-refractivity contribution in [2.24, 2.45) is 5.73 Å². The first-order valence-electron chi connectivity index (χ1n) is 5.66. The lowest BCUT2D eigenvalue weighted by molar-refractivity contribution is -0.117. The Labute approximate surface area is 104 Å². The molecule has 0 aliphatic carbocycles. The van der Waals surface area contributed by atoms with Gasteiger partial charge >= 0.3 is 0 Å². The summed E-state index contributed by atoms with van der Waals surface area (Å²) in [5, 5.41) is 5.03. The normalized spacial score (nSPS) is 15.6. The number of hydrogen-bond acceptors (Lipinski definition) is 3. The van der Waals surface area contributed by atoms with Crippen LogP contribution in [0.15, 0.2) is 12.1 Å². The van der Waals surface area contributed by atoms with Gasteiger partial charge in [0.05, 0.1) is 11.7 Å². The van der Waals surface area contributed by atoms with Gasteiger partial charge in [0.1, 0.15) is 5.82 Å². The molecule has 96 valence electrons. The van der Waals surface area contributed by atoms with Gasteiger partial charge in [0.25, 0.3) is 0 Å². The lowest BCUT2D eigenvalue weighted by Crippen LogP contribution is -2.33. The Morgan fingerprint density at radius 1 is 1.50 bits per heavy atom. The zero-order valence-electron chi connectivity index (χ0n) is 9.92. The van der Waals surface area contributed by atoms with Crippen molar-refractivity contribution in [1.82, 2.24) is 0 Å². The van der Waals surface area contributed by atoms with E-state index < -0.39 is 17.8 Å². The van der Waals surface area contributed by atoms with Crippen molar-refractivity contribution >= 4 is 23.2 Å². The maximum Gasteiger partial charge on any atom is 0.241 e. The minimum Gasteiger partial charge on any atom is -0.326 e. The van der Waals surface area contributed by atoms with Gasteiger partial charge in [0.2, 0.25) is 11.8 Å². The molecule has 0 unspecified atom stereocenters. The van der Waals surface area contributed by atoms with Crippen LogP contribution in [-0.2, 0) is 16.0 Å². The topological polar surface area (TPSA) is 84.2 Å². The molecule has 2 rings (SSSR count). The molecule has 1 aliphatic heterocycles. The van der Waals surface area contributed by atoms with Crippen LogP contribution in [0.25, 0.3) is 0 Å². The number of hydrogen-bond donors (Lipinski definition) is 3. The van der Waals surface area contributed by atoms with E-state index in [1.807, 2.05) is 0 Å². The first-order chi connectivity index (χ1) is 8.47. The molecule has 0 aromatic heterocycles. The zero-order chi connectivity index (χ0) is 13.3. The van der Waals surface area contributed by atoms with Crippen LogP contribution in [0.4, 0.5) is 15.8 Å². The number of rotatable bonds is 2. The summed E-state index contributed by atoms with van der Waals surface area (Å²) in [6.07, 6.45) is 0.845. The summed E-state index contributed by atoms with van der Waals surface area (Å²) in [6.45, 7) is 1.51. The van der Waals surface area contributed by atoms with E-state index in [0.29, 0.717) is 18.5 Å². The third kappa shape index (κ3) is 2.48. The van der Waals surface area contributed by atoms with Crippen LogP contribution in [0.3, 0.4) is 0 Å². The van der Waals surface area contributed by atoms with Crippen molar-refractivity contribution in [3.63, 3.8) is 0 Å². The number of nitrogens with one attached hydrogen (secondary N) is 2. The van der Waals surface area contributed by atoms with Crippen LogP contribution in [-0.4, -0.2) is 17.9 Å². The molecule has 1 atom stereocenters. The largest absolute Gasteiger partial charge is 0.326 e. The smallest absolute Gasteiger partial charge is 0.241 e. The van der Waals surface area contributed by atoms with Gasteiger partial charge in [0, 0.05) is 12.1 Å². The van der Waals surface area contributed by atoms with Crippen LogP contribution >= 0.6 is 0 Å². The first-order valence-corrected chi connectivity index (χ1v) is 5.66. The van der Waals surface area contributed by atoms with Crippen LogP contribution < -0.4 is 16.4 Å². The highest BCUT2D eigenvalue weighted by Crippen LogP contribution is 2.28. The molecule has 0 saturated heterocycles. The summed E-state index contributed by atoms with van der Waals surface area (Å²) >= 11 is 0. The van der Waals surface area contributed by atoms with E-state index in [1.54, 1.807) is 0 Å². The van der Waals surface area contributed by atoms with Gasteiger partial charge in [0.15, 0.2) is 0 Å². The van der Waals surface area contributed by atoms with Crippen molar-refractivity contribution in [2.45, 2.75) is 25.8 Å². The molecule has 0 saturated carbocycles. The van der Waals surface area contributed by atoms with Gasteiger partial charge in [-0.1, -0.05) is 0 Å². The van der Waals surface area contributed by atoms with Crippen molar-refractivity contribution in [3.8, 4) is 0 Å². The van der Waals surface area contributed by atoms with E-state index in [4.69, 9.17) is 5.73 Å². The van der Waals surface area contributed by atoms with E-state index in [-0.39, 0.29) is 11.6 Å². The summed E-state index contributed by atoms with van der Waals surface area (Å²) in [5.41, 5.74) is 6.68. The molecule has 0 fully saturated rings. The molecule has 1 aliphatic rings. The van der Waals surface area contributed by atoms with Gasteiger partial charge < -0.3 is 16.4 Å². The molecule has 0 bridgehead atoms. The fourth-order valence-corrected chi connectivity index (χ4v) is 1.74. The third-order valence-electron chi connectivity index (χ3n) is 2.76. The Hall–Kier alpha value is -1.95. The molecule has 1 aromatic carbocycles. The number of carbonyl (C=O) groups excluding carboxylic acids is 2. The van der Waals surface area contributed by atoms with Gasteiger partial charge in [-0.2, -0.15) is 0 Å². The highest BCUT2D eigenvalue weighted by molar-refractivity contribution is 5.97. The van der Waals surface area contributed by atoms with Gasteiger partial charge in [-0.15, -0.1) is 0 Å². The number of aryl methyl sites for hydroxylation is 1. The van der Waals surface area contributed by atoms with Crippen molar-refractivity contribution in [3.05, 3.63) is 23.5 Å². The maximum atomic E-state index is 13.7. The molecule has 0 radical (unpaired) electrons. The predicted molar refractivity (Wildman–Crippen MR) is 65.6 cm³/mol. The Morgan fingerprint density at radius 2 is 2.22 bits per heavy atom. The van der Waals surface area contributed by atoms with Crippen LogP contribution in [0.5, 0.6) is 0 Å². The van der Waals surface area contributed by atoms with Crippen LogP contribution in [0.2, 0.25) is 0 Å². The van der Waals surface area contributed by atoms with Crippen molar-refractivity contribution < 1.29 is 14.0 Å². The monoisotopic (exact) mass is 251 g/mol.